The maximum absolute atomic E-state index is 9.45. The fourth-order valence-corrected chi connectivity index (χ4v) is 2.87. The lowest BCUT2D eigenvalue weighted by Gasteiger charge is -2.14. The Bertz CT molecular complexity index is 566. The van der Waals surface area contributed by atoms with Gasteiger partial charge in [-0.15, -0.1) is 0 Å². The molecule has 1 aliphatic rings. The molecule has 4 nitrogen and oxygen atoms in total. The summed E-state index contributed by atoms with van der Waals surface area (Å²) in [7, 11) is 0. The van der Waals surface area contributed by atoms with Gasteiger partial charge in [0.25, 0.3) is 0 Å². The van der Waals surface area contributed by atoms with E-state index in [-0.39, 0.29) is 6.10 Å². The second-order valence-electron chi connectivity index (χ2n) is 5.75. The molecule has 114 valence electrons. The molecular formula is C17H23NO3. The molecule has 21 heavy (non-hydrogen) atoms. The minimum Gasteiger partial charge on any atom is -0.464 e. The van der Waals surface area contributed by atoms with Crippen LogP contribution in [0.15, 0.2) is 34.9 Å². The Morgan fingerprint density at radius 1 is 1.29 bits per heavy atom. The molecule has 3 rings (SSSR count). The van der Waals surface area contributed by atoms with Gasteiger partial charge >= 0.3 is 0 Å². The zero-order valence-electron chi connectivity index (χ0n) is 12.3. The standard InChI is InChI=1S/C17H23NO3/c19-16-4-8-18(13-16)7-1-9-20-10-5-14-2-3-17-15(12-14)6-11-21-17/h2-3,6,11-12,16,19H,1,4-5,7-10,13H2. The van der Waals surface area contributed by atoms with Gasteiger partial charge in [-0.25, -0.2) is 0 Å². The number of fused-ring (bicyclic) bond motifs is 1. The molecule has 0 spiro atoms. The lowest BCUT2D eigenvalue weighted by atomic mass is 10.1. The first-order chi connectivity index (χ1) is 10.3. The van der Waals surface area contributed by atoms with Gasteiger partial charge in [0.1, 0.15) is 5.58 Å². The Morgan fingerprint density at radius 2 is 2.24 bits per heavy atom. The highest BCUT2D eigenvalue weighted by Crippen LogP contribution is 2.17. The Morgan fingerprint density at radius 3 is 3.10 bits per heavy atom. The number of benzene rings is 1. The van der Waals surface area contributed by atoms with Crippen molar-refractivity contribution in [3.05, 3.63) is 36.1 Å². The molecule has 2 heterocycles. The molecule has 1 fully saturated rings. The van der Waals surface area contributed by atoms with Crippen LogP contribution in [-0.2, 0) is 11.2 Å². The highest BCUT2D eigenvalue weighted by Gasteiger charge is 2.18. The minimum atomic E-state index is -0.122. The van der Waals surface area contributed by atoms with E-state index in [0.29, 0.717) is 0 Å². The van der Waals surface area contributed by atoms with E-state index >= 15 is 0 Å². The van der Waals surface area contributed by atoms with Gasteiger partial charge in [0.15, 0.2) is 0 Å². The molecule has 1 aromatic carbocycles. The average Bonchev–Trinajstić information content (AvgIpc) is 3.11. The molecule has 1 atom stereocenters. The number of aliphatic hydroxyl groups excluding tert-OH is 1. The Labute approximate surface area is 125 Å². The molecule has 0 aliphatic carbocycles. The second kappa shape index (κ2) is 7.07. The average molecular weight is 289 g/mol. The SMILES string of the molecule is OC1CCN(CCCOCCc2ccc3occc3c2)C1. The van der Waals surface area contributed by atoms with E-state index in [1.54, 1.807) is 6.26 Å². The second-order valence-corrected chi connectivity index (χ2v) is 5.75. The summed E-state index contributed by atoms with van der Waals surface area (Å²) in [6, 6.07) is 8.27. The van der Waals surface area contributed by atoms with Crippen LogP contribution in [0.1, 0.15) is 18.4 Å². The van der Waals surface area contributed by atoms with Gasteiger partial charge < -0.3 is 19.2 Å². The summed E-state index contributed by atoms with van der Waals surface area (Å²) in [4.78, 5) is 2.31. The van der Waals surface area contributed by atoms with Crippen LogP contribution in [0.2, 0.25) is 0 Å². The van der Waals surface area contributed by atoms with Crippen LogP contribution in [-0.4, -0.2) is 49.0 Å². The van der Waals surface area contributed by atoms with E-state index in [1.807, 2.05) is 12.1 Å². The van der Waals surface area contributed by atoms with Gasteiger partial charge in [-0.1, -0.05) is 6.07 Å². The molecule has 1 unspecified atom stereocenters. The van der Waals surface area contributed by atoms with Crippen molar-refractivity contribution in [1.82, 2.24) is 4.90 Å². The Balaban J connectivity index is 1.31. The summed E-state index contributed by atoms with van der Waals surface area (Å²) in [5.74, 6) is 0. The largest absolute Gasteiger partial charge is 0.464 e. The third kappa shape index (κ3) is 4.06. The zero-order valence-corrected chi connectivity index (χ0v) is 12.3. The molecular weight excluding hydrogens is 266 g/mol. The monoisotopic (exact) mass is 289 g/mol. The van der Waals surface area contributed by atoms with Gasteiger partial charge in [-0.3, -0.25) is 0 Å². The molecule has 0 saturated carbocycles. The number of furan rings is 1. The van der Waals surface area contributed by atoms with E-state index in [1.165, 1.54) is 5.56 Å². The molecule has 1 N–H and O–H groups in total. The summed E-state index contributed by atoms with van der Waals surface area (Å²) in [6.07, 6.45) is 4.48. The Kier molecular flexibility index (Phi) is 4.91. The van der Waals surface area contributed by atoms with Crippen molar-refractivity contribution in [2.45, 2.75) is 25.4 Å². The van der Waals surface area contributed by atoms with Crippen molar-refractivity contribution >= 4 is 11.0 Å². The topological polar surface area (TPSA) is 45.8 Å². The fraction of sp³-hybridized carbons (Fsp3) is 0.529. The number of nitrogens with zero attached hydrogens (tertiary/aromatic N) is 1. The predicted octanol–water partition coefficient (Wildman–Crippen LogP) is 2.45. The first-order valence-electron chi connectivity index (χ1n) is 7.75. The highest BCUT2D eigenvalue weighted by atomic mass is 16.5. The normalized spacial score (nSPS) is 19.6. The molecule has 0 amide bonds. The Hall–Kier alpha value is -1.36. The molecule has 2 aromatic rings. The molecule has 4 heteroatoms. The van der Waals surface area contributed by atoms with Crippen LogP contribution in [0, 0.1) is 0 Å². The number of likely N-dealkylation sites (tertiary alicyclic amines) is 1. The highest BCUT2D eigenvalue weighted by molar-refractivity contribution is 5.77. The molecule has 1 saturated heterocycles. The van der Waals surface area contributed by atoms with Gasteiger partial charge in [0.2, 0.25) is 0 Å². The summed E-state index contributed by atoms with van der Waals surface area (Å²) in [6.45, 7) is 4.42. The van der Waals surface area contributed by atoms with Crippen molar-refractivity contribution in [3.63, 3.8) is 0 Å². The van der Waals surface area contributed by atoms with Crippen LogP contribution in [0.25, 0.3) is 11.0 Å². The molecule has 0 bridgehead atoms. The third-order valence-electron chi connectivity index (χ3n) is 4.06. The number of β-amino-alcohol motifs (C(OH)–C–C–N with tert-alkyl or cyclic N) is 1. The summed E-state index contributed by atoms with van der Waals surface area (Å²) < 4.78 is 11.0. The lowest BCUT2D eigenvalue weighted by Crippen LogP contribution is -2.24. The van der Waals surface area contributed by atoms with Gasteiger partial charge in [-0.05, 0) is 43.0 Å². The van der Waals surface area contributed by atoms with Gasteiger partial charge in [0, 0.05) is 31.6 Å². The van der Waals surface area contributed by atoms with Crippen LogP contribution in [0.3, 0.4) is 0 Å². The molecule has 1 aromatic heterocycles. The third-order valence-corrected chi connectivity index (χ3v) is 4.06. The number of hydrogen-bond donors (Lipinski definition) is 1. The smallest absolute Gasteiger partial charge is 0.133 e. The zero-order chi connectivity index (χ0) is 14.5. The van der Waals surface area contributed by atoms with Crippen LogP contribution < -0.4 is 0 Å². The predicted molar refractivity (Wildman–Crippen MR) is 82.4 cm³/mol. The summed E-state index contributed by atoms with van der Waals surface area (Å²) in [5.41, 5.74) is 2.22. The minimum absolute atomic E-state index is 0.122. The van der Waals surface area contributed by atoms with E-state index in [0.717, 1.165) is 63.1 Å². The molecule has 1 aliphatic heterocycles. The van der Waals surface area contributed by atoms with Gasteiger partial charge in [0.05, 0.1) is 19.0 Å². The fourth-order valence-electron chi connectivity index (χ4n) is 2.87. The first-order valence-corrected chi connectivity index (χ1v) is 7.75. The van der Waals surface area contributed by atoms with Crippen molar-refractivity contribution < 1.29 is 14.3 Å². The molecule has 0 radical (unpaired) electrons. The van der Waals surface area contributed by atoms with Crippen LogP contribution >= 0.6 is 0 Å². The van der Waals surface area contributed by atoms with Gasteiger partial charge in [-0.2, -0.15) is 0 Å². The van der Waals surface area contributed by atoms with E-state index in [2.05, 4.69) is 17.0 Å². The van der Waals surface area contributed by atoms with Crippen LogP contribution in [0.4, 0.5) is 0 Å². The maximum atomic E-state index is 9.45. The van der Waals surface area contributed by atoms with E-state index in [4.69, 9.17) is 9.15 Å². The maximum Gasteiger partial charge on any atom is 0.133 e. The van der Waals surface area contributed by atoms with Crippen LogP contribution in [0.5, 0.6) is 0 Å². The first kappa shape index (κ1) is 14.6. The number of aliphatic hydroxyl groups is 1. The quantitative estimate of drug-likeness (QED) is 0.795. The van der Waals surface area contributed by atoms with Crippen molar-refractivity contribution in [3.8, 4) is 0 Å². The lowest BCUT2D eigenvalue weighted by molar-refractivity contribution is 0.122. The summed E-state index contributed by atoms with van der Waals surface area (Å²) in [5, 5.41) is 10.6. The van der Waals surface area contributed by atoms with Crippen molar-refractivity contribution in [2.24, 2.45) is 0 Å². The number of ether oxygens (including phenoxy) is 1. The van der Waals surface area contributed by atoms with E-state index < -0.39 is 0 Å². The van der Waals surface area contributed by atoms with E-state index in [9.17, 15) is 5.11 Å². The number of rotatable bonds is 7. The number of hydrogen-bond acceptors (Lipinski definition) is 4. The van der Waals surface area contributed by atoms with Crippen molar-refractivity contribution in [1.29, 1.82) is 0 Å². The van der Waals surface area contributed by atoms with Crippen molar-refractivity contribution in [2.75, 3.05) is 32.8 Å². The summed E-state index contributed by atoms with van der Waals surface area (Å²) >= 11 is 0.